The Balaban J connectivity index is 1.88. The largest absolute Gasteiger partial charge is 0.496 e. The molecule has 0 saturated heterocycles. The van der Waals surface area contributed by atoms with Gasteiger partial charge in [0.15, 0.2) is 0 Å². The molecule has 2 aromatic carbocycles. The minimum absolute atomic E-state index is 0.185. The maximum atomic E-state index is 12.6. The topological polar surface area (TPSA) is 82.7 Å². The molecule has 0 aliphatic rings. The lowest BCUT2D eigenvalue weighted by molar-refractivity contribution is 0.0948. The van der Waals surface area contributed by atoms with Gasteiger partial charge in [-0.25, -0.2) is 4.79 Å². The summed E-state index contributed by atoms with van der Waals surface area (Å²) in [5.41, 5.74) is 1.67. The Kier molecular flexibility index (Phi) is 10.4. The van der Waals surface area contributed by atoms with Crippen LogP contribution < -0.4 is 20.7 Å². The fourth-order valence-corrected chi connectivity index (χ4v) is 3.34. The van der Waals surface area contributed by atoms with Gasteiger partial charge in [-0.1, -0.05) is 32.0 Å². The van der Waals surface area contributed by atoms with Crippen molar-refractivity contribution in [3.63, 3.8) is 0 Å². The highest BCUT2D eigenvalue weighted by Gasteiger charge is 2.14. The molecule has 168 valence electrons. The number of para-hydroxylation sites is 1. The molecule has 0 unspecified atom stereocenters. The lowest BCUT2D eigenvalue weighted by atomic mass is 10.1. The van der Waals surface area contributed by atoms with E-state index in [1.807, 2.05) is 18.2 Å². The molecule has 0 heterocycles. The Morgan fingerprint density at radius 3 is 2.23 bits per heavy atom. The quantitative estimate of drug-likeness (QED) is 0.434. The number of benzene rings is 2. The highest BCUT2D eigenvalue weighted by molar-refractivity contribution is 6.01. The predicted octanol–water partition coefficient (Wildman–Crippen LogP) is 4.58. The number of urea groups is 1. The van der Waals surface area contributed by atoms with E-state index in [1.165, 1.54) is 7.11 Å². The number of amides is 3. The molecule has 7 heteroatoms. The summed E-state index contributed by atoms with van der Waals surface area (Å²) >= 11 is 0. The predicted molar refractivity (Wildman–Crippen MR) is 126 cm³/mol. The second kappa shape index (κ2) is 13.3. The van der Waals surface area contributed by atoms with E-state index >= 15 is 0 Å². The molecular formula is C24H34N4O3. The molecule has 2 rings (SSSR count). The first-order valence-electron chi connectivity index (χ1n) is 10.9. The number of methoxy groups -OCH3 is 1. The van der Waals surface area contributed by atoms with Crippen LogP contribution in [-0.4, -0.2) is 50.1 Å². The Morgan fingerprint density at radius 1 is 0.903 bits per heavy atom. The lowest BCUT2D eigenvalue weighted by Gasteiger charge is -2.20. The third-order valence-electron chi connectivity index (χ3n) is 4.75. The van der Waals surface area contributed by atoms with E-state index in [0.717, 1.165) is 38.9 Å². The first kappa shape index (κ1) is 24.2. The Bertz CT molecular complexity index is 821. The number of ether oxygens (including phenoxy) is 1. The summed E-state index contributed by atoms with van der Waals surface area (Å²) in [5.74, 6) is 0.225. The molecule has 3 N–H and O–H groups in total. The lowest BCUT2D eigenvalue weighted by Crippen LogP contribution is -2.31. The van der Waals surface area contributed by atoms with Gasteiger partial charge < -0.3 is 25.6 Å². The van der Waals surface area contributed by atoms with E-state index in [4.69, 9.17) is 4.74 Å². The van der Waals surface area contributed by atoms with Crippen molar-refractivity contribution in [2.75, 3.05) is 43.9 Å². The van der Waals surface area contributed by atoms with Crippen LogP contribution in [0.15, 0.2) is 48.5 Å². The smallest absolute Gasteiger partial charge is 0.323 e. The fourth-order valence-electron chi connectivity index (χ4n) is 3.34. The third kappa shape index (κ3) is 8.30. The summed E-state index contributed by atoms with van der Waals surface area (Å²) < 4.78 is 5.37. The molecule has 0 bridgehead atoms. The zero-order valence-electron chi connectivity index (χ0n) is 18.7. The molecule has 0 radical (unpaired) electrons. The minimum atomic E-state index is -0.367. The molecule has 7 nitrogen and oxygen atoms in total. The summed E-state index contributed by atoms with van der Waals surface area (Å²) in [6.45, 7) is 8.11. The number of rotatable bonds is 12. The summed E-state index contributed by atoms with van der Waals surface area (Å²) in [6.07, 6.45) is 3.16. The standard InChI is InChI=1S/C24H34N4O3/c1-4-15-28(16-5-2)17-9-14-25-23(29)21-13-12-20(18-22(21)31-3)27-24(30)26-19-10-7-6-8-11-19/h6-8,10-13,18H,4-5,9,14-17H2,1-3H3,(H,25,29)(H2,26,27,30). The summed E-state index contributed by atoms with van der Waals surface area (Å²) in [6, 6.07) is 13.8. The molecule has 0 saturated carbocycles. The molecule has 31 heavy (non-hydrogen) atoms. The van der Waals surface area contributed by atoms with E-state index in [2.05, 4.69) is 34.7 Å². The summed E-state index contributed by atoms with van der Waals surface area (Å²) in [7, 11) is 1.51. The van der Waals surface area contributed by atoms with Crippen molar-refractivity contribution < 1.29 is 14.3 Å². The van der Waals surface area contributed by atoms with Crippen molar-refractivity contribution in [1.82, 2.24) is 10.2 Å². The number of anilines is 2. The highest BCUT2D eigenvalue weighted by Crippen LogP contribution is 2.23. The number of hydrogen-bond donors (Lipinski definition) is 3. The van der Waals surface area contributed by atoms with Crippen molar-refractivity contribution in [2.24, 2.45) is 0 Å². The zero-order valence-corrected chi connectivity index (χ0v) is 18.7. The van der Waals surface area contributed by atoms with Crippen LogP contribution in [0.5, 0.6) is 5.75 Å². The first-order chi connectivity index (χ1) is 15.1. The van der Waals surface area contributed by atoms with Crippen LogP contribution in [0.1, 0.15) is 43.5 Å². The van der Waals surface area contributed by atoms with Crippen LogP contribution in [0.3, 0.4) is 0 Å². The van der Waals surface area contributed by atoms with Gasteiger partial charge in [0.1, 0.15) is 5.75 Å². The average molecular weight is 427 g/mol. The molecule has 2 aromatic rings. The highest BCUT2D eigenvalue weighted by atomic mass is 16.5. The number of carbonyl (C=O) groups is 2. The van der Waals surface area contributed by atoms with Crippen LogP contribution in [0.25, 0.3) is 0 Å². The second-order valence-electron chi connectivity index (χ2n) is 7.31. The van der Waals surface area contributed by atoms with Crippen molar-refractivity contribution in [3.8, 4) is 5.75 Å². The number of hydrogen-bond acceptors (Lipinski definition) is 4. The first-order valence-corrected chi connectivity index (χ1v) is 10.9. The number of carbonyl (C=O) groups excluding carboxylic acids is 2. The average Bonchev–Trinajstić information content (AvgIpc) is 2.77. The van der Waals surface area contributed by atoms with Gasteiger partial charge in [-0.2, -0.15) is 0 Å². The second-order valence-corrected chi connectivity index (χ2v) is 7.31. The van der Waals surface area contributed by atoms with Gasteiger partial charge in [0, 0.05) is 24.0 Å². The van der Waals surface area contributed by atoms with Crippen LogP contribution in [0, 0.1) is 0 Å². The van der Waals surface area contributed by atoms with Gasteiger partial charge >= 0.3 is 6.03 Å². The van der Waals surface area contributed by atoms with Crippen LogP contribution in [0.4, 0.5) is 16.2 Å². The van der Waals surface area contributed by atoms with Crippen molar-refractivity contribution in [3.05, 3.63) is 54.1 Å². The van der Waals surface area contributed by atoms with Crippen LogP contribution >= 0.6 is 0 Å². The zero-order chi connectivity index (χ0) is 22.5. The molecule has 0 spiro atoms. The molecule has 0 aliphatic carbocycles. The van der Waals surface area contributed by atoms with E-state index < -0.39 is 0 Å². The molecule has 0 aromatic heterocycles. The van der Waals surface area contributed by atoms with Gasteiger partial charge in [-0.05, 0) is 63.2 Å². The van der Waals surface area contributed by atoms with Gasteiger partial charge in [-0.15, -0.1) is 0 Å². The van der Waals surface area contributed by atoms with E-state index in [0.29, 0.717) is 29.2 Å². The van der Waals surface area contributed by atoms with Crippen molar-refractivity contribution >= 4 is 23.3 Å². The summed E-state index contributed by atoms with van der Waals surface area (Å²) in [4.78, 5) is 27.2. The third-order valence-corrected chi connectivity index (χ3v) is 4.75. The number of nitrogens with one attached hydrogen (secondary N) is 3. The maximum absolute atomic E-state index is 12.6. The normalized spacial score (nSPS) is 10.6. The van der Waals surface area contributed by atoms with Gasteiger partial charge in [-0.3, -0.25) is 4.79 Å². The maximum Gasteiger partial charge on any atom is 0.323 e. The Labute approximate surface area is 185 Å². The molecule has 0 fully saturated rings. The fraction of sp³-hybridized carbons (Fsp3) is 0.417. The van der Waals surface area contributed by atoms with E-state index in [-0.39, 0.29) is 11.9 Å². The Hall–Kier alpha value is -3.06. The van der Waals surface area contributed by atoms with Gasteiger partial charge in [0.2, 0.25) is 0 Å². The molecule has 3 amide bonds. The molecule has 0 aliphatic heterocycles. The van der Waals surface area contributed by atoms with Crippen molar-refractivity contribution in [2.45, 2.75) is 33.1 Å². The molecule has 0 atom stereocenters. The van der Waals surface area contributed by atoms with Crippen molar-refractivity contribution in [1.29, 1.82) is 0 Å². The number of nitrogens with zero attached hydrogens (tertiary/aromatic N) is 1. The van der Waals surface area contributed by atoms with Crippen LogP contribution in [0.2, 0.25) is 0 Å². The summed E-state index contributed by atoms with van der Waals surface area (Å²) in [5, 5.41) is 8.47. The van der Waals surface area contributed by atoms with E-state index in [9.17, 15) is 9.59 Å². The van der Waals surface area contributed by atoms with Gasteiger partial charge in [0.05, 0.1) is 12.7 Å². The van der Waals surface area contributed by atoms with E-state index in [1.54, 1.807) is 30.3 Å². The monoisotopic (exact) mass is 426 g/mol. The SMILES string of the molecule is CCCN(CCC)CCCNC(=O)c1ccc(NC(=O)Nc2ccccc2)cc1OC. The Morgan fingerprint density at radius 2 is 1.58 bits per heavy atom. The molecular weight excluding hydrogens is 392 g/mol. The van der Waals surface area contributed by atoms with Crippen LogP contribution in [-0.2, 0) is 0 Å². The van der Waals surface area contributed by atoms with Gasteiger partial charge in [0.25, 0.3) is 5.91 Å². The minimum Gasteiger partial charge on any atom is -0.496 e.